The van der Waals surface area contributed by atoms with Crippen LogP contribution in [0, 0.1) is 17.2 Å². The van der Waals surface area contributed by atoms with Crippen molar-refractivity contribution in [3.63, 3.8) is 0 Å². The molecule has 2 aliphatic rings. The van der Waals surface area contributed by atoms with E-state index in [1.54, 1.807) is 26.4 Å². The Labute approximate surface area is 227 Å². The summed E-state index contributed by atoms with van der Waals surface area (Å²) < 4.78 is 32.8. The van der Waals surface area contributed by atoms with Crippen molar-refractivity contribution < 1.29 is 18.6 Å². The highest BCUT2D eigenvalue weighted by atomic mass is 19.1. The first-order valence-electron chi connectivity index (χ1n) is 13.9. The van der Waals surface area contributed by atoms with Crippen LogP contribution in [-0.4, -0.2) is 14.2 Å². The summed E-state index contributed by atoms with van der Waals surface area (Å²) in [4.78, 5) is 0. The van der Waals surface area contributed by atoms with Gasteiger partial charge >= 0.3 is 0 Å². The lowest BCUT2D eigenvalue weighted by Gasteiger charge is -2.52. The minimum Gasteiger partial charge on any atom is -0.497 e. The average Bonchev–Trinajstić information content (AvgIpc) is 2.90. The lowest BCUT2D eigenvalue weighted by molar-refractivity contribution is 0.0155. The van der Waals surface area contributed by atoms with Gasteiger partial charge in [-0.1, -0.05) is 45.9 Å². The van der Waals surface area contributed by atoms with Gasteiger partial charge in [-0.25, -0.2) is 4.39 Å². The Morgan fingerprint density at radius 3 is 2.39 bits per heavy atom. The van der Waals surface area contributed by atoms with Crippen molar-refractivity contribution in [1.82, 2.24) is 0 Å². The summed E-state index contributed by atoms with van der Waals surface area (Å²) >= 11 is 0. The number of aryl methyl sites for hydroxylation is 1. The number of ether oxygens (including phenoxy) is 3. The molecule has 3 atom stereocenters. The molecule has 202 valence electrons. The van der Waals surface area contributed by atoms with Crippen molar-refractivity contribution in [3.8, 4) is 22.6 Å². The number of rotatable bonds is 7. The molecule has 3 aromatic carbocycles. The molecule has 0 saturated heterocycles. The fraction of sp³-hybridized carbons (Fsp3) is 0.471. The molecular weight excluding hydrogens is 475 g/mol. The quantitative estimate of drug-likeness (QED) is 0.314. The van der Waals surface area contributed by atoms with Gasteiger partial charge in [0.25, 0.3) is 0 Å². The van der Waals surface area contributed by atoms with Crippen LogP contribution >= 0.6 is 0 Å². The van der Waals surface area contributed by atoms with Gasteiger partial charge < -0.3 is 14.2 Å². The first-order valence-corrected chi connectivity index (χ1v) is 13.9. The smallest absolute Gasteiger partial charge is 0.131 e. The number of hydrogen-bond donors (Lipinski definition) is 0. The molecule has 1 saturated carbocycles. The summed E-state index contributed by atoms with van der Waals surface area (Å²) in [5.41, 5.74) is 6.45. The summed E-state index contributed by atoms with van der Waals surface area (Å²) in [7, 11) is 3.31. The number of halogens is 1. The van der Waals surface area contributed by atoms with Gasteiger partial charge in [0.15, 0.2) is 0 Å². The van der Waals surface area contributed by atoms with Crippen LogP contribution in [0.15, 0.2) is 54.6 Å². The fourth-order valence-electron chi connectivity index (χ4n) is 6.72. The molecule has 0 unspecified atom stereocenters. The minimum atomic E-state index is -0.284. The second kappa shape index (κ2) is 10.4. The Morgan fingerprint density at radius 2 is 1.74 bits per heavy atom. The molecule has 0 bridgehead atoms. The summed E-state index contributed by atoms with van der Waals surface area (Å²) in [6.07, 6.45) is 6.13. The highest BCUT2D eigenvalue weighted by Gasteiger charge is 2.47. The van der Waals surface area contributed by atoms with E-state index >= 15 is 4.39 Å². The maximum absolute atomic E-state index is 15.0. The zero-order chi connectivity index (χ0) is 27.1. The van der Waals surface area contributed by atoms with Gasteiger partial charge in [-0.3, -0.25) is 0 Å². The fourth-order valence-corrected chi connectivity index (χ4v) is 6.72. The largest absolute Gasteiger partial charge is 0.497 e. The monoisotopic (exact) mass is 516 g/mol. The van der Waals surface area contributed by atoms with Gasteiger partial charge in [0.1, 0.15) is 23.9 Å². The zero-order valence-corrected chi connectivity index (χ0v) is 23.7. The highest BCUT2D eigenvalue weighted by Crippen LogP contribution is 2.55. The van der Waals surface area contributed by atoms with E-state index in [0.717, 1.165) is 28.4 Å². The molecule has 1 spiro atoms. The van der Waals surface area contributed by atoms with E-state index in [4.69, 9.17) is 14.2 Å². The molecule has 4 heteroatoms. The SMILES string of the molecule is COc1ccc(F)c(-c2ccc(COc3ccc4c(c3)[C@]3(CCC4)CC[C@@H]3C)cc2[C@H](OC)C(C)(C)C)c1. The second-order valence-electron chi connectivity index (χ2n) is 12.3. The molecule has 3 nitrogen and oxygen atoms in total. The Hall–Kier alpha value is -2.85. The molecule has 38 heavy (non-hydrogen) atoms. The van der Waals surface area contributed by atoms with Crippen molar-refractivity contribution in [3.05, 3.63) is 82.7 Å². The molecule has 5 rings (SSSR count). The zero-order valence-electron chi connectivity index (χ0n) is 23.7. The van der Waals surface area contributed by atoms with Crippen LogP contribution in [0.3, 0.4) is 0 Å². The van der Waals surface area contributed by atoms with Crippen LogP contribution in [0.1, 0.15) is 81.7 Å². The molecule has 3 aromatic rings. The number of fused-ring (bicyclic) bond motifs is 2. The number of hydrogen-bond acceptors (Lipinski definition) is 3. The van der Waals surface area contributed by atoms with Crippen LogP contribution in [0.5, 0.6) is 11.5 Å². The Balaban J connectivity index is 1.47. The molecule has 2 aliphatic carbocycles. The van der Waals surface area contributed by atoms with Gasteiger partial charge in [-0.2, -0.15) is 0 Å². The maximum Gasteiger partial charge on any atom is 0.131 e. The molecule has 0 aliphatic heterocycles. The Morgan fingerprint density at radius 1 is 0.947 bits per heavy atom. The summed E-state index contributed by atoms with van der Waals surface area (Å²) in [6.45, 7) is 9.26. The summed E-state index contributed by atoms with van der Waals surface area (Å²) in [5.74, 6) is 2.00. The standard InChI is InChI=1S/C34H41FO3/c1-22-15-17-34(22)16-7-8-24-10-11-26(20-30(24)34)38-21-23-9-13-27(28-19-25(36-5)12-14-31(28)35)29(18-23)32(37-6)33(2,3)4/h9-14,18-20,22,32H,7-8,15-17,21H2,1-6H3/t22-,32-,34+/m0/s1. The number of methoxy groups -OCH3 is 2. The number of benzene rings is 3. The van der Waals surface area contributed by atoms with Gasteiger partial charge in [-0.05, 0) is 113 Å². The lowest BCUT2D eigenvalue weighted by atomic mass is 9.52. The third kappa shape index (κ3) is 4.84. The van der Waals surface area contributed by atoms with Crippen molar-refractivity contribution in [2.45, 2.75) is 77.9 Å². The third-order valence-electron chi connectivity index (χ3n) is 8.94. The first-order chi connectivity index (χ1) is 18.2. The van der Waals surface area contributed by atoms with E-state index in [1.165, 1.54) is 49.3 Å². The highest BCUT2D eigenvalue weighted by molar-refractivity contribution is 5.70. The first kappa shape index (κ1) is 26.7. The van der Waals surface area contributed by atoms with Crippen molar-refractivity contribution >= 4 is 0 Å². The molecule has 1 fully saturated rings. The lowest BCUT2D eigenvalue weighted by Crippen LogP contribution is -2.45. The van der Waals surface area contributed by atoms with Crippen molar-refractivity contribution in [1.29, 1.82) is 0 Å². The van der Waals surface area contributed by atoms with E-state index in [1.807, 2.05) is 12.1 Å². The normalized spacial score (nSPS) is 21.5. The molecule has 0 heterocycles. The van der Waals surface area contributed by atoms with E-state index in [-0.39, 0.29) is 17.3 Å². The second-order valence-corrected chi connectivity index (χ2v) is 12.3. The van der Waals surface area contributed by atoms with Gasteiger partial charge in [0.05, 0.1) is 13.2 Å². The topological polar surface area (TPSA) is 27.7 Å². The molecular formula is C34H41FO3. The van der Waals surface area contributed by atoms with E-state index in [9.17, 15) is 0 Å². The predicted octanol–water partition coefficient (Wildman–Crippen LogP) is 8.82. The molecule has 0 aromatic heterocycles. The van der Waals surface area contributed by atoms with Crippen LogP contribution in [-0.2, 0) is 23.2 Å². The van der Waals surface area contributed by atoms with E-state index in [0.29, 0.717) is 23.3 Å². The molecule has 0 radical (unpaired) electrons. The predicted molar refractivity (Wildman–Crippen MR) is 151 cm³/mol. The van der Waals surface area contributed by atoms with E-state index < -0.39 is 0 Å². The van der Waals surface area contributed by atoms with Crippen LogP contribution in [0.2, 0.25) is 0 Å². The molecule has 0 N–H and O–H groups in total. The average molecular weight is 517 g/mol. The van der Waals surface area contributed by atoms with Crippen LogP contribution in [0.4, 0.5) is 4.39 Å². The van der Waals surface area contributed by atoms with E-state index in [2.05, 4.69) is 52.0 Å². The summed E-state index contributed by atoms with van der Waals surface area (Å²) in [5, 5.41) is 0. The minimum absolute atomic E-state index is 0.190. The van der Waals surface area contributed by atoms with Crippen LogP contribution < -0.4 is 9.47 Å². The van der Waals surface area contributed by atoms with Crippen LogP contribution in [0.25, 0.3) is 11.1 Å². The van der Waals surface area contributed by atoms with Crippen molar-refractivity contribution in [2.24, 2.45) is 11.3 Å². The Bertz CT molecular complexity index is 1310. The maximum atomic E-state index is 15.0. The van der Waals surface area contributed by atoms with Crippen molar-refractivity contribution in [2.75, 3.05) is 14.2 Å². The third-order valence-corrected chi connectivity index (χ3v) is 8.94. The van der Waals surface area contributed by atoms with Gasteiger partial charge in [-0.15, -0.1) is 0 Å². The van der Waals surface area contributed by atoms with Gasteiger partial charge in [0.2, 0.25) is 0 Å². The molecule has 0 amide bonds. The Kier molecular flexibility index (Phi) is 7.30. The summed E-state index contributed by atoms with van der Waals surface area (Å²) in [6, 6.07) is 17.7. The van der Waals surface area contributed by atoms with Gasteiger partial charge in [0, 0.05) is 12.7 Å².